The number of pyridine rings is 1. The van der Waals surface area contributed by atoms with E-state index in [1.54, 1.807) is 0 Å². The molecule has 2 heterocycles. The average Bonchev–Trinajstić information content (AvgIpc) is 2.84. The minimum absolute atomic E-state index is 0.201. The smallest absolute Gasteiger partial charge is 0.281 e. The summed E-state index contributed by atoms with van der Waals surface area (Å²) in [6.45, 7) is 0. The molecule has 0 unspecified atom stereocenters. The van der Waals surface area contributed by atoms with Crippen molar-refractivity contribution in [2.75, 3.05) is 0 Å². The van der Waals surface area contributed by atoms with Crippen LogP contribution in [0.5, 0.6) is 0 Å². The van der Waals surface area contributed by atoms with Gasteiger partial charge in [-0.15, -0.1) is 0 Å². The van der Waals surface area contributed by atoms with Crippen molar-refractivity contribution in [1.82, 2.24) is 9.38 Å². The molecule has 0 aliphatic heterocycles. The van der Waals surface area contributed by atoms with Crippen LogP contribution >= 0.6 is 0 Å². The van der Waals surface area contributed by atoms with Crippen LogP contribution in [0.15, 0.2) is 114 Å². The minimum Gasteiger partial charge on any atom is -0.300 e. The van der Waals surface area contributed by atoms with Gasteiger partial charge in [-0.25, -0.2) is 0 Å². The first-order valence-electron chi connectivity index (χ1n) is 10.3. The molecule has 3 nitrogen and oxygen atoms in total. The average molecular weight is 398 g/mol. The van der Waals surface area contributed by atoms with Crippen molar-refractivity contribution in [3.05, 3.63) is 120 Å². The molecule has 2 aromatic heterocycles. The fraction of sp³-hybridized carbons (Fsp3) is 0. The second-order valence-corrected chi connectivity index (χ2v) is 7.69. The van der Waals surface area contributed by atoms with Crippen LogP contribution in [-0.4, -0.2) is 9.38 Å². The van der Waals surface area contributed by atoms with Gasteiger partial charge in [-0.1, -0.05) is 78.9 Å². The summed E-state index contributed by atoms with van der Waals surface area (Å²) in [7, 11) is 0. The number of aromatic nitrogens is 2. The SMILES string of the molecule is O=c1nc2c3ccccc3ccn2c2ccc(-c3cccc(-c4ccccc4)c3)cc12. The van der Waals surface area contributed by atoms with Crippen molar-refractivity contribution in [2.24, 2.45) is 0 Å². The van der Waals surface area contributed by atoms with E-state index in [1.165, 1.54) is 5.56 Å². The first-order chi connectivity index (χ1) is 15.3. The van der Waals surface area contributed by atoms with Gasteiger partial charge in [-0.2, -0.15) is 4.98 Å². The van der Waals surface area contributed by atoms with Crippen LogP contribution in [0.1, 0.15) is 0 Å². The van der Waals surface area contributed by atoms with Crippen LogP contribution < -0.4 is 5.56 Å². The maximum atomic E-state index is 13.0. The summed E-state index contributed by atoms with van der Waals surface area (Å²) in [5, 5.41) is 2.67. The van der Waals surface area contributed by atoms with Gasteiger partial charge in [0, 0.05) is 11.6 Å². The standard InChI is InChI=1S/C28H18N2O/c31-28-25-18-23(22-11-6-10-21(17-22)19-7-2-1-3-8-19)13-14-26(25)30-16-15-20-9-4-5-12-24(20)27(30)29-28/h1-18H. The lowest BCUT2D eigenvalue weighted by atomic mass is 9.98. The highest BCUT2D eigenvalue weighted by molar-refractivity contribution is 5.97. The highest BCUT2D eigenvalue weighted by Gasteiger charge is 2.10. The summed E-state index contributed by atoms with van der Waals surface area (Å²) in [5.41, 5.74) is 5.75. The summed E-state index contributed by atoms with van der Waals surface area (Å²) in [6, 6.07) is 34.8. The number of hydrogen-bond acceptors (Lipinski definition) is 2. The predicted octanol–water partition coefficient (Wildman–Crippen LogP) is 6.33. The number of rotatable bonds is 2. The highest BCUT2D eigenvalue weighted by atomic mass is 16.1. The molecular formula is C28H18N2O. The van der Waals surface area contributed by atoms with Crippen molar-refractivity contribution in [3.8, 4) is 22.3 Å². The maximum Gasteiger partial charge on any atom is 0.281 e. The van der Waals surface area contributed by atoms with Gasteiger partial charge in [-0.3, -0.25) is 4.79 Å². The van der Waals surface area contributed by atoms with E-state index in [0.29, 0.717) is 11.0 Å². The van der Waals surface area contributed by atoms with E-state index in [0.717, 1.165) is 33.0 Å². The predicted molar refractivity (Wildman–Crippen MR) is 127 cm³/mol. The van der Waals surface area contributed by atoms with E-state index in [-0.39, 0.29) is 5.56 Å². The summed E-state index contributed by atoms with van der Waals surface area (Å²) < 4.78 is 2.00. The van der Waals surface area contributed by atoms with Crippen LogP contribution in [0.3, 0.4) is 0 Å². The van der Waals surface area contributed by atoms with E-state index in [2.05, 4.69) is 53.5 Å². The zero-order valence-corrected chi connectivity index (χ0v) is 16.7. The quantitative estimate of drug-likeness (QED) is 0.319. The molecule has 0 atom stereocenters. The Morgan fingerprint density at radius 3 is 2.16 bits per heavy atom. The molecule has 0 fully saturated rings. The summed E-state index contributed by atoms with van der Waals surface area (Å²) in [4.78, 5) is 17.4. The van der Waals surface area contributed by atoms with Gasteiger partial charge < -0.3 is 4.40 Å². The highest BCUT2D eigenvalue weighted by Crippen LogP contribution is 2.28. The Morgan fingerprint density at radius 1 is 0.581 bits per heavy atom. The van der Waals surface area contributed by atoms with Gasteiger partial charge in [0.25, 0.3) is 5.56 Å². The Kier molecular flexibility index (Phi) is 3.93. The van der Waals surface area contributed by atoms with E-state index >= 15 is 0 Å². The Balaban J connectivity index is 1.56. The number of fused-ring (bicyclic) bond motifs is 5. The van der Waals surface area contributed by atoms with Gasteiger partial charge in [0.2, 0.25) is 0 Å². The lowest BCUT2D eigenvalue weighted by Crippen LogP contribution is -2.11. The Hall–Kier alpha value is -4.24. The van der Waals surface area contributed by atoms with Crippen molar-refractivity contribution in [2.45, 2.75) is 0 Å². The van der Waals surface area contributed by atoms with Gasteiger partial charge in [0.05, 0.1) is 10.9 Å². The lowest BCUT2D eigenvalue weighted by Gasteiger charge is -2.10. The topological polar surface area (TPSA) is 34.4 Å². The van der Waals surface area contributed by atoms with Crippen LogP contribution in [0.4, 0.5) is 0 Å². The normalized spacial score (nSPS) is 11.4. The third-order valence-corrected chi connectivity index (χ3v) is 5.83. The largest absolute Gasteiger partial charge is 0.300 e. The molecule has 0 amide bonds. The molecule has 0 aliphatic rings. The second-order valence-electron chi connectivity index (χ2n) is 7.69. The van der Waals surface area contributed by atoms with Gasteiger partial charge in [-0.05, 0) is 51.9 Å². The van der Waals surface area contributed by atoms with Crippen molar-refractivity contribution in [3.63, 3.8) is 0 Å². The molecule has 0 spiro atoms. The van der Waals surface area contributed by atoms with Crippen molar-refractivity contribution < 1.29 is 0 Å². The summed E-state index contributed by atoms with van der Waals surface area (Å²) >= 11 is 0. The fourth-order valence-electron chi connectivity index (χ4n) is 4.27. The number of hydrogen-bond donors (Lipinski definition) is 0. The molecule has 4 aromatic carbocycles. The molecular weight excluding hydrogens is 380 g/mol. The van der Waals surface area contributed by atoms with Crippen LogP contribution in [0.2, 0.25) is 0 Å². The zero-order chi connectivity index (χ0) is 20.8. The van der Waals surface area contributed by atoms with Crippen LogP contribution in [0, 0.1) is 0 Å². The number of nitrogens with zero attached hydrogens (tertiary/aromatic N) is 2. The minimum atomic E-state index is -0.201. The van der Waals surface area contributed by atoms with Gasteiger partial charge >= 0.3 is 0 Å². The fourth-order valence-corrected chi connectivity index (χ4v) is 4.27. The summed E-state index contributed by atoms with van der Waals surface area (Å²) in [5.74, 6) is 0. The monoisotopic (exact) mass is 398 g/mol. The molecule has 0 saturated heterocycles. The molecule has 6 rings (SSSR count). The Bertz CT molecular complexity index is 1650. The zero-order valence-electron chi connectivity index (χ0n) is 16.7. The number of benzene rings is 4. The molecule has 0 bridgehead atoms. The molecule has 0 radical (unpaired) electrons. The molecule has 0 aliphatic carbocycles. The van der Waals surface area contributed by atoms with Crippen molar-refractivity contribution >= 4 is 27.3 Å². The Labute approximate surface area is 178 Å². The maximum absolute atomic E-state index is 13.0. The van der Waals surface area contributed by atoms with Crippen LogP contribution in [0.25, 0.3) is 49.6 Å². The van der Waals surface area contributed by atoms with Gasteiger partial charge in [0.15, 0.2) is 0 Å². The molecule has 0 saturated carbocycles. The van der Waals surface area contributed by atoms with Crippen molar-refractivity contribution in [1.29, 1.82) is 0 Å². The van der Waals surface area contributed by atoms with E-state index in [4.69, 9.17) is 0 Å². The molecule has 0 N–H and O–H groups in total. The molecule has 146 valence electrons. The van der Waals surface area contributed by atoms with Gasteiger partial charge in [0.1, 0.15) is 5.65 Å². The second kappa shape index (κ2) is 6.92. The Morgan fingerprint density at radius 2 is 1.29 bits per heavy atom. The van der Waals surface area contributed by atoms with Crippen LogP contribution in [-0.2, 0) is 0 Å². The third-order valence-electron chi connectivity index (χ3n) is 5.83. The van der Waals surface area contributed by atoms with E-state index in [1.807, 2.05) is 65.2 Å². The molecule has 6 aromatic rings. The van der Waals surface area contributed by atoms with E-state index < -0.39 is 0 Å². The first-order valence-corrected chi connectivity index (χ1v) is 10.3. The third kappa shape index (κ3) is 2.90. The molecule has 3 heteroatoms. The summed E-state index contributed by atoms with van der Waals surface area (Å²) in [6.07, 6.45) is 1.99. The lowest BCUT2D eigenvalue weighted by molar-refractivity contribution is 1.15. The van der Waals surface area contributed by atoms with E-state index in [9.17, 15) is 4.79 Å². The molecule has 31 heavy (non-hydrogen) atoms. The first kappa shape index (κ1) is 17.6.